The van der Waals surface area contributed by atoms with Crippen molar-refractivity contribution in [3.63, 3.8) is 0 Å². The number of fused-ring (bicyclic) bond motifs is 1. The van der Waals surface area contributed by atoms with E-state index in [-0.39, 0.29) is 17.8 Å². The first-order valence-electron chi connectivity index (χ1n) is 13.1. The van der Waals surface area contributed by atoms with E-state index in [1.54, 1.807) is 12.3 Å². The molecule has 1 saturated heterocycles. The second-order valence-corrected chi connectivity index (χ2v) is 10.5. The fourth-order valence-electron chi connectivity index (χ4n) is 4.38. The quantitative estimate of drug-likeness (QED) is 0.354. The molecule has 5 rings (SSSR count). The van der Waals surface area contributed by atoms with Crippen LogP contribution >= 0.6 is 0 Å². The lowest BCUT2D eigenvalue weighted by molar-refractivity contribution is -0.0118. The maximum atomic E-state index is 13.8. The molecule has 2 fully saturated rings. The number of aromatic nitrogens is 4. The van der Waals surface area contributed by atoms with Gasteiger partial charge in [0.1, 0.15) is 12.2 Å². The number of nitrogens with zero attached hydrogens (tertiary/aromatic N) is 5. The molecule has 4 heterocycles. The summed E-state index contributed by atoms with van der Waals surface area (Å²) < 4.78 is 20.3. The third-order valence-electron chi connectivity index (χ3n) is 6.84. The molecule has 1 amide bonds. The summed E-state index contributed by atoms with van der Waals surface area (Å²) in [5, 5.41) is 29.4. The molecular formula is C27H35FN8O3. The van der Waals surface area contributed by atoms with E-state index in [2.05, 4.69) is 25.7 Å². The number of nitrogen functional groups attached to an aromatic ring is 1. The first-order valence-corrected chi connectivity index (χ1v) is 13.1. The molecule has 0 spiro atoms. The topological polar surface area (TPSA) is 164 Å². The molecule has 3 aromatic rings. The van der Waals surface area contributed by atoms with Crippen LogP contribution in [0.4, 0.5) is 10.1 Å². The summed E-state index contributed by atoms with van der Waals surface area (Å²) in [6, 6.07) is 6.58. The smallest absolute Gasteiger partial charge is 0.255 e. The van der Waals surface area contributed by atoms with Gasteiger partial charge in [-0.1, -0.05) is 19.3 Å². The fourth-order valence-corrected chi connectivity index (χ4v) is 4.38. The molecule has 1 unspecified atom stereocenters. The molecule has 12 heteroatoms. The Labute approximate surface area is 226 Å². The maximum Gasteiger partial charge on any atom is 0.255 e. The molecule has 11 nitrogen and oxygen atoms in total. The van der Waals surface area contributed by atoms with Crippen LogP contribution in [0, 0.1) is 11.3 Å². The van der Waals surface area contributed by atoms with E-state index < -0.39 is 17.7 Å². The summed E-state index contributed by atoms with van der Waals surface area (Å²) in [5.41, 5.74) is 5.47. The Morgan fingerprint density at radius 1 is 1.23 bits per heavy atom. The maximum absolute atomic E-state index is 13.8. The van der Waals surface area contributed by atoms with E-state index in [1.165, 1.54) is 69.1 Å². The molecule has 39 heavy (non-hydrogen) atoms. The third kappa shape index (κ3) is 7.26. The van der Waals surface area contributed by atoms with E-state index in [9.17, 15) is 14.3 Å². The van der Waals surface area contributed by atoms with Crippen LogP contribution in [-0.4, -0.2) is 74.4 Å². The number of aliphatic hydroxyl groups is 1. The zero-order chi connectivity index (χ0) is 28.0. The average molecular weight is 539 g/mol. The molecule has 0 bridgehead atoms. The number of ether oxygens (including phenoxy) is 1. The van der Waals surface area contributed by atoms with Gasteiger partial charge >= 0.3 is 0 Å². The Hall–Kier alpha value is -3.66. The predicted octanol–water partition coefficient (Wildman–Crippen LogP) is 2.42. The van der Waals surface area contributed by atoms with E-state index in [0.717, 1.165) is 19.3 Å². The normalized spacial score (nSPS) is 17.0. The number of rotatable bonds is 7. The number of alkyl halides is 1. The van der Waals surface area contributed by atoms with Crippen molar-refractivity contribution >= 4 is 22.6 Å². The van der Waals surface area contributed by atoms with E-state index in [0.29, 0.717) is 28.5 Å². The number of nitriles is 1. The highest BCUT2D eigenvalue weighted by Gasteiger charge is 2.27. The Balaban J connectivity index is 0.000000265. The van der Waals surface area contributed by atoms with Crippen LogP contribution in [-0.2, 0) is 4.74 Å². The van der Waals surface area contributed by atoms with Gasteiger partial charge in [-0.2, -0.15) is 15.0 Å². The van der Waals surface area contributed by atoms with Crippen LogP contribution in [0.2, 0.25) is 0 Å². The Morgan fingerprint density at radius 2 is 1.97 bits per heavy atom. The standard InChI is InChI=1S/C18H18FN7O2.C9H17NO/c1-18(2,28)14(19)9-24-17(27)12-8-22-15(4-13(12)21)26-16-11(7-25-26)3-10(5-20)6-23-16;1-2-4-8(5-3-1)10-9-6-11-7-9/h3-4,6-8,14,28H,9H2,1-2H3,(H2,21,22)(H,24,27);8-10H,1-7H2. The van der Waals surface area contributed by atoms with Crippen LogP contribution in [0.25, 0.3) is 16.9 Å². The molecule has 0 aromatic carbocycles. The molecule has 1 aliphatic heterocycles. The predicted molar refractivity (Wildman–Crippen MR) is 144 cm³/mol. The lowest BCUT2D eigenvalue weighted by atomic mass is 9.95. The van der Waals surface area contributed by atoms with Crippen molar-refractivity contribution in [1.82, 2.24) is 30.4 Å². The van der Waals surface area contributed by atoms with Crippen molar-refractivity contribution in [3.05, 3.63) is 41.9 Å². The number of halogens is 1. The van der Waals surface area contributed by atoms with Crippen molar-refractivity contribution < 1.29 is 19.0 Å². The zero-order valence-electron chi connectivity index (χ0n) is 22.2. The molecular weight excluding hydrogens is 503 g/mol. The van der Waals surface area contributed by atoms with Crippen molar-refractivity contribution in [2.75, 3.05) is 25.5 Å². The third-order valence-corrected chi connectivity index (χ3v) is 6.84. The zero-order valence-corrected chi connectivity index (χ0v) is 22.2. The first kappa shape index (κ1) is 28.4. The molecule has 3 aromatic heterocycles. The minimum absolute atomic E-state index is 0.0721. The number of carbonyl (C=O) groups excluding carboxylic acids is 1. The van der Waals surface area contributed by atoms with Gasteiger partial charge in [0.15, 0.2) is 11.5 Å². The van der Waals surface area contributed by atoms with Crippen LogP contribution in [0.1, 0.15) is 61.9 Å². The molecule has 208 valence electrons. The van der Waals surface area contributed by atoms with Gasteiger partial charge < -0.3 is 26.2 Å². The number of carbonyl (C=O) groups is 1. The van der Waals surface area contributed by atoms with Gasteiger partial charge in [-0.25, -0.2) is 14.4 Å². The molecule has 2 aliphatic rings. The Morgan fingerprint density at radius 3 is 2.59 bits per heavy atom. The highest BCUT2D eigenvalue weighted by atomic mass is 19.1. The summed E-state index contributed by atoms with van der Waals surface area (Å²) in [6.45, 7) is 4.15. The van der Waals surface area contributed by atoms with Crippen molar-refractivity contribution in [2.24, 2.45) is 0 Å². The second-order valence-electron chi connectivity index (χ2n) is 10.5. The molecule has 0 radical (unpaired) electrons. The van der Waals surface area contributed by atoms with Gasteiger partial charge in [0, 0.05) is 35.6 Å². The number of anilines is 1. The summed E-state index contributed by atoms with van der Waals surface area (Å²) in [5.74, 6) is -0.272. The second kappa shape index (κ2) is 12.5. The minimum Gasteiger partial charge on any atom is -0.398 e. The molecule has 1 saturated carbocycles. The van der Waals surface area contributed by atoms with Crippen LogP contribution in [0.3, 0.4) is 0 Å². The number of hydrogen-bond acceptors (Lipinski definition) is 9. The molecule has 1 atom stereocenters. The Kier molecular flexibility index (Phi) is 9.06. The van der Waals surface area contributed by atoms with Crippen molar-refractivity contribution in [1.29, 1.82) is 5.26 Å². The van der Waals surface area contributed by atoms with Gasteiger partial charge in [0.25, 0.3) is 5.91 Å². The van der Waals surface area contributed by atoms with E-state index >= 15 is 0 Å². The number of pyridine rings is 2. The first-order chi connectivity index (χ1) is 18.7. The number of hydrogen-bond donors (Lipinski definition) is 4. The van der Waals surface area contributed by atoms with E-state index in [1.807, 2.05) is 6.07 Å². The van der Waals surface area contributed by atoms with E-state index in [4.69, 9.17) is 15.7 Å². The summed E-state index contributed by atoms with van der Waals surface area (Å²) >= 11 is 0. The van der Waals surface area contributed by atoms with Crippen LogP contribution in [0.15, 0.2) is 30.7 Å². The lowest BCUT2D eigenvalue weighted by Crippen LogP contribution is -2.50. The Bertz CT molecular complexity index is 1320. The highest BCUT2D eigenvalue weighted by Crippen LogP contribution is 2.20. The average Bonchev–Trinajstić information content (AvgIpc) is 3.33. The van der Waals surface area contributed by atoms with Gasteiger partial charge in [-0.15, -0.1) is 0 Å². The summed E-state index contributed by atoms with van der Waals surface area (Å²) in [4.78, 5) is 20.6. The summed E-state index contributed by atoms with van der Waals surface area (Å²) in [7, 11) is 0. The largest absolute Gasteiger partial charge is 0.398 e. The number of amides is 1. The van der Waals surface area contributed by atoms with Crippen LogP contribution < -0.4 is 16.4 Å². The monoisotopic (exact) mass is 538 g/mol. The highest BCUT2D eigenvalue weighted by molar-refractivity contribution is 5.99. The fraction of sp³-hybridized carbons (Fsp3) is 0.519. The van der Waals surface area contributed by atoms with Gasteiger partial charge in [-0.3, -0.25) is 4.79 Å². The summed E-state index contributed by atoms with van der Waals surface area (Å²) in [6.07, 6.45) is 9.64. The lowest BCUT2D eigenvalue weighted by Gasteiger charge is -2.33. The van der Waals surface area contributed by atoms with Gasteiger partial charge in [0.05, 0.1) is 48.7 Å². The van der Waals surface area contributed by atoms with Gasteiger partial charge in [-0.05, 0) is 32.8 Å². The van der Waals surface area contributed by atoms with Crippen LogP contribution in [0.5, 0.6) is 0 Å². The molecule has 5 N–H and O–H groups in total. The number of nitrogens with two attached hydrogens (primary N) is 1. The SMILES string of the molecule is C1CCC(NC2COC2)CC1.CC(C)(O)C(F)CNC(=O)c1cnc(-n2ncc3cc(C#N)cnc32)cc1N. The van der Waals surface area contributed by atoms with Crippen molar-refractivity contribution in [3.8, 4) is 11.9 Å². The minimum atomic E-state index is -1.63. The van der Waals surface area contributed by atoms with Gasteiger partial charge in [0.2, 0.25) is 0 Å². The molecule has 1 aliphatic carbocycles. The van der Waals surface area contributed by atoms with Crippen molar-refractivity contribution in [2.45, 2.75) is 69.8 Å². The number of nitrogens with one attached hydrogen (secondary N) is 2.